The number of hydrogen-bond acceptors (Lipinski definition) is 0. The van der Waals surface area contributed by atoms with Gasteiger partial charge in [0, 0.05) is 0 Å². The molecule has 2 radical (unpaired) electrons. The summed E-state index contributed by atoms with van der Waals surface area (Å²) >= 11 is 10.5. The highest BCUT2D eigenvalue weighted by molar-refractivity contribution is 6.44. The highest BCUT2D eigenvalue weighted by atomic mass is 35.5. The third-order valence-electron chi connectivity index (χ3n) is 0.385. The first-order chi connectivity index (χ1) is 2.77. The van der Waals surface area contributed by atoms with E-state index in [2.05, 4.69) is 0 Å². The van der Waals surface area contributed by atoms with E-state index in [-0.39, 0.29) is 4.84 Å². The van der Waals surface area contributed by atoms with Gasteiger partial charge in [-0.1, -0.05) is 6.32 Å². The second-order valence-corrected chi connectivity index (χ2v) is 2.25. The minimum atomic E-state index is -0.282. The largest absolute Gasteiger partial charge is 0.107 e. The summed E-state index contributed by atoms with van der Waals surface area (Å²) in [7, 11) is 5.06. The smallest absolute Gasteiger partial charge is 0.105 e. The van der Waals surface area contributed by atoms with E-state index in [4.69, 9.17) is 31.0 Å². The van der Waals surface area contributed by atoms with Crippen LogP contribution in [-0.4, -0.2) is 12.7 Å². The molecule has 0 aromatic rings. The zero-order valence-corrected chi connectivity index (χ0v) is 4.84. The second-order valence-electron chi connectivity index (χ2n) is 0.968. The molecular weight excluding hydrogens is 118 g/mol. The molecule has 0 atom stereocenters. The maximum Gasteiger partial charge on any atom is 0.107 e. The van der Waals surface area contributed by atoms with Crippen LogP contribution in [0.3, 0.4) is 0 Å². The van der Waals surface area contributed by atoms with E-state index < -0.39 is 0 Å². The summed E-state index contributed by atoms with van der Waals surface area (Å²) in [6, 6.07) is 0. The molecule has 0 amide bonds. The third kappa shape index (κ3) is 4.64. The van der Waals surface area contributed by atoms with Crippen molar-refractivity contribution in [2.24, 2.45) is 0 Å². The quantitative estimate of drug-likeness (QED) is 0.387. The summed E-state index contributed by atoms with van der Waals surface area (Å²) in [5, 5.41) is 0. The van der Waals surface area contributed by atoms with E-state index in [1.54, 1.807) is 0 Å². The van der Waals surface area contributed by atoms with Gasteiger partial charge in [0.1, 0.15) is 4.84 Å². The number of alkyl halides is 2. The molecule has 0 heterocycles. The molecule has 0 aromatic heterocycles. The first kappa shape index (κ1) is 6.64. The lowest BCUT2D eigenvalue weighted by atomic mass is 10.0. The summed E-state index contributed by atoms with van der Waals surface area (Å²) in [5.41, 5.74) is 0. The van der Waals surface area contributed by atoms with Crippen LogP contribution in [0, 0.1) is 0 Å². The van der Waals surface area contributed by atoms with E-state index in [9.17, 15) is 0 Å². The molecule has 0 unspecified atom stereocenters. The standard InChI is InChI=1S/C3H5BCl2/c4-2-1-3(5)6/h3H,1-2H2. The maximum atomic E-state index is 5.26. The Balaban J connectivity index is 2.63. The average molecular weight is 123 g/mol. The van der Waals surface area contributed by atoms with Crippen LogP contribution in [0.1, 0.15) is 6.42 Å². The van der Waals surface area contributed by atoms with Gasteiger partial charge in [0.25, 0.3) is 0 Å². The van der Waals surface area contributed by atoms with Gasteiger partial charge in [-0.25, -0.2) is 0 Å². The first-order valence-electron chi connectivity index (χ1n) is 1.75. The Labute approximate surface area is 49.2 Å². The van der Waals surface area contributed by atoms with Crippen molar-refractivity contribution >= 4 is 31.0 Å². The molecule has 3 heteroatoms. The fourth-order valence-corrected chi connectivity index (χ4v) is 0.378. The van der Waals surface area contributed by atoms with Crippen LogP contribution in [0.2, 0.25) is 6.32 Å². The predicted molar refractivity (Wildman–Crippen MR) is 30.7 cm³/mol. The van der Waals surface area contributed by atoms with Crippen LogP contribution in [0.4, 0.5) is 0 Å². The number of rotatable bonds is 2. The fourth-order valence-electron chi connectivity index (χ4n) is 0.126. The summed E-state index contributed by atoms with van der Waals surface area (Å²) in [5.74, 6) is 0. The molecule has 0 aliphatic rings. The van der Waals surface area contributed by atoms with Crippen LogP contribution in [0.5, 0.6) is 0 Å². The van der Waals surface area contributed by atoms with E-state index in [1.165, 1.54) is 0 Å². The van der Waals surface area contributed by atoms with Crippen molar-refractivity contribution < 1.29 is 0 Å². The minimum absolute atomic E-state index is 0.282. The summed E-state index contributed by atoms with van der Waals surface area (Å²) < 4.78 is 0. The van der Waals surface area contributed by atoms with Crippen molar-refractivity contribution in [3.05, 3.63) is 0 Å². The summed E-state index contributed by atoms with van der Waals surface area (Å²) in [6.07, 6.45) is 1.25. The lowest BCUT2D eigenvalue weighted by molar-refractivity contribution is 1.03. The summed E-state index contributed by atoms with van der Waals surface area (Å²) in [6.45, 7) is 0. The van der Waals surface area contributed by atoms with Crippen LogP contribution in [0.15, 0.2) is 0 Å². The molecule has 0 spiro atoms. The SMILES string of the molecule is [B]CCC(Cl)Cl. The first-order valence-corrected chi connectivity index (χ1v) is 2.63. The van der Waals surface area contributed by atoms with Gasteiger partial charge in [-0.05, 0) is 6.42 Å². The van der Waals surface area contributed by atoms with E-state index in [0.717, 1.165) is 0 Å². The van der Waals surface area contributed by atoms with Crippen molar-refractivity contribution in [3.8, 4) is 0 Å². The van der Waals surface area contributed by atoms with E-state index in [1.807, 2.05) is 0 Å². The lowest BCUT2D eigenvalue weighted by Gasteiger charge is -1.90. The Bertz CT molecular complexity index is 30.0. The molecule has 34 valence electrons. The molecule has 0 saturated heterocycles. The Morgan fingerprint density at radius 1 is 1.50 bits per heavy atom. The molecule has 0 bridgehead atoms. The maximum absolute atomic E-state index is 5.26. The van der Waals surface area contributed by atoms with Crippen LogP contribution < -0.4 is 0 Å². The molecule has 0 aliphatic carbocycles. The molecule has 0 nitrogen and oxygen atoms in total. The average Bonchev–Trinajstić information content (AvgIpc) is 1.35. The highest BCUT2D eigenvalue weighted by Crippen LogP contribution is 2.07. The number of halogens is 2. The van der Waals surface area contributed by atoms with Crippen molar-refractivity contribution in [2.75, 3.05) is 0 Å². The van der Waals surface area contributed by atoms with Gasteiger partial charge >= 0.3 is 0 Å². The normalized spacial score (nSPS) is 9.83. The van der Waals surface area contributed by atoms with Gasteiger partial charge in [0.05, 0.1) is 7.85 Å². The second kappa shape index (κ2) is 3.82. The van der Waals surface area contributed by atoms with E-state index in [0.29, 0.717) is 12.7 Å². The molecule has 6 heavy (non-hydrogen) atoms. The van der Waals surface area contributed by atoms with E-state index >= 15 is 0 Å². The van der Waals surface area contributed by atoms with Crippen molar-refractivity contribution in [1.82, 2.24) is 0 Å². The summed E-state index contributed by atoms with van der Waals surface area (Å²) in [4.78, 5) is -0.282. The van der Waals surface area contributed by atoms with Gasteiger partial charge in [0.2, 0.25) is 0 Å². The van der Waals surface area contributed by atoms with Crippen molar-refractivity contribution in [2.45, 2.75) is 17.6 Å². The van der Waals surface area contributed by atoms with Crippen LogP contribution >= 0.6 is 23.2 Å². The molecule has 0 aromatic carbocycles. The Morgan fingerprint density at radius 2 is 2.00 bits per heavy atom. The van der Waals surface area contributed by atoms with Crippen LogP contribution in [-0.2, 0) is 0 Å². The van der Waals surface area contributed by atoms with Gasteiger partial charge in [-0.3, -0.25) is 0 Å². The molecule has 0 rings (SSSR count). The Hall–Kier alpha value is 0.645. The lowest BCUT2D eigenvalue weighted by Crippen LogP contribution is -1.82. The van der Waals surface area contributed by atoms with Crippen LogP contribution in [0.25, 0.3) is 0 Å². The fraction of sp³-hybridized carbons (Fsp3) is 1.00. The van der Waals surface area contributed by atoms with Gasteiger partial charge in [-0.2, -0.15) is 0 Å². The minimum Gasteiger partial charge on any atom is -0.105 e. The predicted octanol–water partition coefficient (Wildman–Crippen LogP) is 1.77. The molecule has 0 fully saturated rings. The van der Waals surface area contributed by atoms with Crippen molar-refractivity contribution in [1.29, 1.82) is 0 Å². The topological polar surface area (TPSA) is 0 Å². The monoisotopic (exact) mass is 122 g/mol. The molecular formula is C3H5BCl2. The van der Waals surface area contributed by atoms with Gasteiger partial charge in [-0.15, -0.1) is 23.2 Å². The zero-order chi connectivity index (χ0) is 4.99. The zero-order valence-electron chi connectivity index (χ0n) is 3.32. The number of hydrogen-bond donors (Lipinski definition) is 0. The Morgan fingerprint density at radius 3 is 2.00 bits per heavy atom. The third-order valence-corrected chi connectivity index (χ3v) is 0.821. The van der Waals surface area contributed by atoms with Gasteiger partial charge in [0.15, 0.2) is 0 Å². The Kier molecular flexibility index (Phi) is 4.23. The molecule has 0 aliphatic heterocycles. The molecule has 0 N–H and O–H groups in total. The molecule has 0 saturated carbocycles. The highest BCUT2D eigenvalue weighted by Gasteiger charge is 1.91. The van der Waals surface area contributed by atoms with Gasteiger partial charge < -0.3 is 0 Å². The van der Waals surface area contributed by atoms with Crippen molar-refractivity contribution in [3.63, 3.8) is 0 Å².